The highest BCUT2D eigenvalue weighted by molar-refractivity contribution is 9.10. The number of hydrogen-bond donors (Lipinski definition) is 1. The number of urea groups is 1. The Balaban J connectivity index is 1.50. The molecule has 4 aromatic rings. The molecule has 0 radical (unpaired) electrons. The second-order valence-electron chi connectivity index (χ2n) is 8.25. The van der Waals surface area contributed by atoms with Crippen molar-refractivity contribution in [2.24, 2.45) is 0 Å². The number of nitrogens with zero attached hydrogens (tertiary/aromatic N) is 2. The molecule has 4 nitrogen and oxygen atoms in total. The third kappa shape index (κ3) is 3.34. The molecule has 162 valence electrons. The lowest BCUT2D eigenvalue weighted by Gasteiger charge is -2.30. The molecule has 0 fully saturated rings. The van der Waals surface area contributed by atoms with Gasteiger partial charge in [-0.15, -0.1) is 22.7 Å². The van der Waals surface area contributed by atoms with E-state index in [0.29, 0.717) is 6.54 Å². The molecule has 0 unspecified atom stereocenters. The molecule has 4 heterocycles. The number of aromatic nitrogens is 1. The molecule has 1 N–H and O–H groups in total. The van der Waals surface area contributed by atoms with E-state index in [0.717, 1.165) is 28.7 Å². The van der Waals surface area contributed by atoms with Crippen LogP contribution in [0.25, 0.3) is 5.00 Å². The van der Waals surface area contributed by atoms with E-state index in [9.17, 15) is 4.79 Å². The van der Waals surface area contributed by atoms with E-state index < -0.39 is 0 Å². The largest absolute Gasteiger partial charge is 0.323 e. The first-order valence-corrected chi connectivity index (χ1v) is 13.4. The van der Waals surface area contributed by atoms with Crippen molar-refractivity contribution in [3.8, 4) is 5.00 Å². The number of benzene rings is 1. The van der Waals surface area contributed by atoms with Crippen molar-refractivity contribution in [2.75, 3.05) is 5.32 Å². The van der Waals surface area contributed by atoms with Crippen LogP contribution in [0.1, 0.15) is 45.5 Å². The predicted octanol–water partition coefficient (Wildman–Crippen LogP) is 7.38. The molecule has 2 aliphatic rings. The highest BCUT2D eigenvalue weighted by Crippen LogP contribution is 2.44. The fraction of sp³-hybridized carbons (Fsp3) is 0.240. The Labute approximate surface area is 203 Å². The van der Waals surface area contributed by atoms with Crippen molar-refractivity contribution in [1.29, 1.82) is 0 Å². The highest BCUT2D eigenvalue weighted by Gasteiger charge is 2.36. The van der Waals surface area contributed by atoms with Gasteiger partial charge in [0.15, 0.2) is 0 Å². The van der Waals surface area contributed by atoms with Crippen molar-refractivity contribution < 1.29 is 4.79 Å². The van der Waals surface area contributed by atoms with Crippen LogP contribution in [-0.4, -0.2) is 15.5 Å². The standard InChI is InChI=1S/C25H22BrN3OS2/c26-18-8-2-3-9-19(18)27-25(30)29-15-17-16-7-1-4-11-21(16)32-24(17)28-13-5-10-20(28)23(29)22-12-6-14-31-22/h2-3,5-6,8-10,12-14,23H,1,4,7,11,15H2,(H,27,30)/t23-/m1/s1. The molecule has 0 saturated carbocycles. The summed E-state index contributed by atoms with van der Waals surface area (Å²) in [4.78, 5) is 18.5. The average molecular weight is 525 g/mol. The van der Waals surface area contributed by atoms with E-state index in [2.05, 4.69) is 61.7 Å². The number of rotatable bonds is 2. The molecule has 7 heteroatoms. The van der Waals surface area contributed by atoms with E-state index in [4.69, 9.17) is 0 Å². The Morgan fingerprint density at radius 3 is 2.75 bits per heavy atom. The molecular formula is C25H22BrN3OS2. The minimum absolute atomic E-state index is 0.0772. The number of anilines is 1. The number of carbonyl (C=O) groups excluding carboxylic acids is 1. The van der Waals surface area contributed by atoms with E-state index in [1.54, 1.807) is 11.3 Å². The van der Waals surface area contributed by atoms with Gasteiger partial charge in [0, 0.05) is 26.0 Å². The summed E-state index contributed by atoms with van der Waals surface area (Å²) in [7, 11) is 0. The van der Waals surface area contributed by atoms with Gasteiger partial charge in [-0.05, 0) is 82.9 Å². The maximum absolute atomic E-state index is 13.8. The Kier molecular flexibility index (Phi) is 5.20. The Morgan fingerprint density at radius 1 is 1.03 bits per heavy atom. The summed E-state index contributed by atoms with van der Waals surface area (Å²) in [6, 6.07) is 16.0. The predicted molar refractivity (Wildman–Crippen MR) is 135 cm³/mol. The first kappa shape index (κ1) is 20.3. The molecule has 1 atom stereocenters. The SMILES string of the molecule is O=C(Nc1ccccc1Br)N1Cc2c(sc3c2CCCC3)-n2cccc2[C@@H]1c1cccs1. The summed E-state index contributed by atoms with van der Waals surface area (Å²) in [5, 5.41) is 6.54. The van der Waals surface area contributed by atoms with Crippen LogP contribution in [0.2, 0.25) is 0 Å². The van der Waals surface area contributed by atoms with Crippen LogP contribution < -0.4 is 5.32 Å². The number of amides is 2. The van der Waals surface area contributed by atoms with Crippen LogP contribution in [-0.2, 0) is 19.4 Å². The van der Waals surface area contributed by atoms with E-state index in [1.807, 2.05) is 40.5 Å². The lowest BCUT2D eigenvalue weighted by molar-refractivity contribution is 0.195. The summed E-state index contributed by atoms with van der Waals surface area (Å²) in [5.41, 5.74) is 4.73. The second-order valence-corrected chi connectivity index (χ2v) is 11.2. The molecule has 1 aromatic carbocycles. The van der Waals surface area contributed by atoms with E-state index >= 15 is 0 Å². The summed E-state index contributed by atoms with van der Waals surface area (Å²) >= 11 is 7.20. The van der Waals surface area contributed by atoms with Gasteiger partial charge in [0.2, 0.25) is 0 Å². The summed E-state index contributed by atoms with van der Waals surface area (Å²) in [6.45, 7) is 0.613. The van der Waals surface area contributed by atoms with Crippen molar-refractivity contribution >= 4 is 50.3 Å². The number of hydrogen-bond acceptors (Lipinski definition) is 3. The second kappa shape index (κ2) is 8.21. The summed E-state index contributed by atoms with van der Waals surface area (Å²) < 4.78 is 3.21. The quantitative estimate of drug-likeness (QED) is 0.292. The molecule has 6 rings (SSSR count). The Bertz CT molecular complexity index is 1290. The molecule has 1 aliphatic carbocycles. The fourth-order valence-corrected chi connectivity index (χ4v) is 7.52. The molecular weight excluding hydrogens is 502 g/mol. The lowest BCUT2D eigenvalue weighted by atomic mass is 9.95. The third-order valence-electron chi connectivity index (χ3n) is 6.37. The zero-order valence-corrected chi connectivity index (χ0v) is 20.6. The minimum Gasteiger partial charge on any atom is -0.310 e. The van der Waals surface area contributed by atoms with Gasteiger partial charge >= 0.3 is 6.03 Å². The van der Waals surface area contributed by atoms with Gasteiger partial charge in [-0.2, -0.15) is 0 Å². The zero-order valence-electron chi connectivity index (χ0n) is 17.4. The van der Waals surface area contributed by atoms with Gasteiger partial charge in [0.1, 0.15) is 11.0 Å². The number of para-hydroxylation sites is 1. The van der Waals surface area contributed by atoms with Crippen LogP contribution in [0.15, 0.2) is 64.6 Å². The van der Waals surface area contributed by atoms with Gasteiger partial charge in [-0.1, -0.05) is 18.2 Å². The highest BCUT2D eigenvalue weighted by atomic mass is 79.9. The first-order chi connectivity index (χ1) is 15.7. The van der Waals surface area contributed by atoms with E-state index in [1.165, 1.54) is 38.7 Å². The summed E-state index contributed by atoms with van der Waals surface area (Å²) in [5.74, 6) is 0. The van der Waals surface area contributed by atoms with Crippen LogP contribution in [0, 0.1) is 0 Å². The minimum atomic E-state index is -0.133. The molecule has 32 heavy (non-hydrogen) atoms. The van der Waals surface area contributed by atoms with Crippen molar-refractivity contribution in [3.05, 3.63) is 91.2 Å². The molecule has 0 bridgehead atoms. The van der Waals surface area contributed by atoms with Crippen molar-refractivity contribution in [3.63, 3.8) is 0 Å². The van der Waals surface area contributed by atoms with Crippen LogP contribution in [0.5, 0.6) is 0 Å². The number of carbonyl (C=O) groups is 1. The van der Waals surface area contributed by atoms with Crippen LogP contribution in [0.3, 0.4) is 0 Å². The molecule has 0 spiro atoms. The molecule has 3 aromatic heterocycles. The van der Waals surface area contributed by atoms with Gasteiger partial charge in [0.25, 0.3) is 0 Å². The topological polar surface area (TPSA) is 37.3 Å². The van der Waals surface area contributed by atoms with E-state index in [-0.39, 0.29) is 12.1 Å². The lowest BCUT2D eigenvalue weighted by Crippen LogP contribution is -2.37. The molecule has 2 amide bonds. The van der Waals surface area contributed by atoms with Crippen molar-refractivity contribution in [1.82, 2.24) is 9.47 Å². The summed E-state index contributed by atoms with van der Waals surface area (Å²) in [6.07, 6.45) is 6.91. The molecule has 0 saturated heterocycles. The monoisotopic (exact) mass is 523 g/mol. The zero-order chi connectivity index (χ0) is 21.7. The number of nitrogens with one attached hydrogen (secondary N) is 1. The van der Waals surface area contributed by atoms with Crippen LogP contribution in [0.4, 0.5) is 10.5 Å². The third-order valence-corrected chi connectivity index (χ3v) is 9.32. The Morgan fingerprint density at radius 2 is 1.91 bits per heavy atom. The van der Waals surface area contributed by atoms with Gasteiger partial charge in [-0.3, -0.25) is 0 Å². The number of aryl methyl sites for hydroxylation is 1. The van der Waals surface area contributed by atoms with Crippen molar-refractivity contribution in [2.45, 2.75) is 38.3 Å². The smallest absolute Gasteiger partial charge is 0.310 e. The fourth-order valence-electron chi connectivity index (χ4n) is 4.88. The van der Waals surface area contributed by atoms with Gasteiger partial charge in [0.05, 0.1) is 17.9 Å². The normalized spacial score (nSPS) is 17.3. The van der Waals surface area contributed by atoms with Gasteiger partial charge < -0.3 is 14.8 Å². The number of halogens is 1. The average Bonchev–Trinajstić information content (AvgIpc) is 3.55. The van der Waals surface area contributed by atoms with Crippen LogP contribution >= 0.6 is 38.6 Å². The number of fused-ring (bicyclic) bond motifs is 5. The number of thiophene rings is 2. The maximum Gasteiger partial charge on any atom is 0.323 e. The Hall–Kier alpha value is -2.35. The molecule has 1 aliphatic heterocycles. The maximum atomic E-state index is 13.8. The first-order valence-electron chi connectivity index (χ1n) is 10.9. The van der Waals surface area contributed by atoms with Gasteiger partial charge in [-0.25, -0.2) is 4.79 Å².